The predicted octanol–water partition coefficient (Wildman–Crippen LogP) is 1.77. The smallest absolute Gasteiger partial charge is 0.243 e. The van der Waals surface area contributed by atoms with Crippen LogP contribution in [0.3, 0.4) is 0 Å². The first-order valence-electron chi connectivity index (χ1n) is 7.59. The zero-order chi connectivity index (χ0) is 13.5. The first kappa shape index (κ1) is 12.9. The third-order valence-corrected chi connectivity index (χ3v) is 5.52. The van der Waals surface area contributed by atoms with E-state index in [0.717, 1.165) is 45.2 Å². The van der Waals surface area contributed by atoms with Crippen molar-refractivity contribution in [2.24, 2.45) is 5.41 Å². The molecule has 19 heavy (non-hydrogen) atoms. The summed E-state index contributed by atoms with van der Waals surface area (Å²) >= 11 is 0. The third kappa shape index (κ3) is 2.04. The summed E-state index contributed by atoms with van der Waals surface area (Å²) in [6, 6.07) is 3.50. The molecule has 2 saturated heterocycles. The molecule has 3 rings (SSSR count). The molecule has 2 atom stereocenters. The Labute approximate surface area is 115 Å². The minimum Gasteiger partial charge on any atom is -0.340 e. The highest BCUT2D eigenvalue weighted by atomic mass is 16.2. The molecule has 3 aliphatic rings. The van der Waals surface area contributed by atoms with E-state index in [2.05, 4.69) is 18.0 Å². The van der Waals surface area contributed by atoms with Crippen LogP contribution < -0.4 is 0 Å². The van der Waals surface area contributed by atoms with Crippen LogP contribution in [0.4, 0.5) is 0 Å². The molecule has 2 bridgehead atoms. The van der Waals surface area contributed by atoms with Crippen LogP contribution in [0.15, 0.2) is 0 Å². The average Bonchev–Trinajstić information content (AvgIpc) is 2.96. The Hall–Kier alpha value is -1.08. The van der Waals surface area contributed by atoms with E-state index in [9.17, 15) is 10.1 Å². The average molecular weight is 261 g/mol. The quantitative estimate of drug-likeness (QED) is 0.722. The molecule has 0 radical (unpaired) electrons. The van der Waals surface area contributed by atoms with E-state index in [-0.39, 0.29) is 5.91 Å². The summed E-state index contributed by atoms with van der Waals surface area (Å²) < 4.78 is 0. The fourth-order valence-electron chi connectivity index (χ4n) is 4.15. The standard InChI is InChI=1S/C15H23N3O/c1-17-12-4-5-13(17)10-18(9-6-12)14(19)15(11-16)7-2-3-8-15/h12-13H,2-10H2,1H3. The molecule has 0 spiro atoms. The monoisotopic (exact) mass is 261 g/mol. The van der Waals surface area contributed by atoms with Gasteiger partial charge in [-0.05, 0) is 39.2 Å². The number of hydrogen-bond acceptors (Lipinski definition) is 3. The summed E-state index contributed by atoms with van der Waals surface area (Å²) in [6.45, 7) is 1.67. The number of hydrogen-bond donors (Lipinski definition) is 0. The van der Waals surface area contributed by atoms with Crippen LogP contribution in [-0.4, -0.2) is 47.9 Å². The molecule has 104 valence electrons. The minimum atomic E-state index is -0.692. The van der Waals surface area contributed by atoms with Crippen molar-refractivity contribution in [1.82, 2.24) is 9.80 Å². The van der Waals surface area contributed by atoms with Crippen molar-refractivity contribution in [2.45, 2.75) is 57.0 Å². The zero-order valence-corrected chi connectivity index (χ0v) is 11.8. The molecule has 2 unspecified atom stereocenters. The Balaban J connectivity index is 1.76. The number of carbonyl (C=O) groups is 1. The van der Waals surface area contributed by atoms with Gasteiger partial charge in [0.1, 0.15) is 5.41 Å². The summed E-state index contributed by atoms with van der Waals surface area (Å²) in [7, 11) is 2.19. The highest BCUT2D eigenvalue weighted by Crippen LogP contribution is 2.40. The maximum atomic E-state index is 12.8. The fraction of sp³-hybridized carbons (Fsp3) is 0.867. The van der Waals surface area contributed by atoms with Crippen LogP contribution in [0.1, 0.15) is 44.9 Å². The second-order valence-electron chi connectivity index (χ2n) is 6.49. The fourth-order valence-corrected chi connectivity index (χ4v) is 4.15. The SMILES string of the molecule is CN1C2CCC1CN(C(=O)C1(C#N)CCCC1)CC2. The lowest BCUT2D eigenvalue weighted by atomic mass is 9.86. The van der Waals surface area contributed by atoms with Gasteiger partial charge >= 0.3 is 0 Å². The van der Waals surface area contributed by atoms with Crippen LogP contribution in [0.25, 0.3) is 0 Å². The Morgan fingerprint density at radius 1 is 1.21 bits per heavy atom. The van der Waals surface area contributed by atoms with Crippen molar-refractivity contribution in [1.29, 1.82) is 5.26 Å². The summed E-state index contributed by atoms with van der Waals surface area (Å²) in [5, 5.41) is 9.46. The third-order valence-electron chi connectivity index (χ3n) is 5.52. The summed E-state index contributed by atoms with van der Waals surface area (Å²) in [6.07, 6.45) is 7.13. The van der Waals surface area contributed by atoms with Gasteiger partial charge < -0.3 is 4.90 Å². The van der Waals surface area contributed by atoms with Crippen molar-refractivity contribution < 1.29 is 4.79 Å². The van der Waals surface area contributed by atoms with Crippen molar-refractivity contribution in [3.63, 3.8) is 0 Å². The number of fused-ring (bicyclic) bond motifs is 2. The van der Waals surface area contributed by atoms with Crippen molar-refractivity contribution in [3.05, 3.63) is 0 Å². The van der Waals surface area contributed by atoms with Gasteiger partial charge in [-0.3, -0.25) is 9.69 Å². The molecule has 2 heterocycles. The van der Waals surface area contributed by atoms with Crippen LogP contribution in [0.2, 0.25) is 0 Å². The molecule has 3 fully saturated rings. The van der Waals surface area contributed by atoms with E-state index in [1.165, 1.54) is 12.8 Å². The Morgan fingerprint density at radius 3 is 2.58 bits per heavy atom. The number of likely N-dealkylation sites (N-methyl/N-ethyl adjacent to an activating group) is 1. The highest BCUT2D eigenvalue weighted by molar-refractivity contribution is 5.86. The summed E-state index contributed by atoms with van der Waals surface area (Å²) in [4.78, 5) is 17.2. The number of amides is 1. The number of likely N-dealkylation sites (tertiary alicyclic amines) is 1. The number of rotatable bonds is 1. The molecular weight excluding hydrogens is 238 g/mol. The number of nitriles is 1. The molecular formula is C15H23N3O. The van der Waals surface area contributed by atoms with Gasteiger partial charge in [-0.15, -0.1) is 0 Å². The largest absolute Gasteiger partial charge is 0.340 e. The summed E-state index contributed by atoms with van der Waals surface area (Å²) in [5.74, 6) is 0.119. The van der Waals surface area contributed by atoms with Gasteiger partial charge in [0.2, 0.25) is 5.91 Å². The molecule has 1 saturated carbocycles. The van der Waals surface area contributed by atoms with Gasteiger partial charge in [0, 0.05) is 25.2 Å². The van der Waals surface area contributed by atoms with Gasteiger partial charge in [-0.2, -0.15) is 5.26 Å². The van der Waals surface area contributed by atoms with Crippen molar-refractivity contribution in [3.8, 4) is 6.07 Å². The molecule has 4 heteroatoms. The van der Waals surface area contributed by atoms with Gasteiger partial charge in [-0.25, -0.2) is 0 Å². The van der Waals surface area contributed by atoms with Crippen LogP contribution in [0.5, 0.6) is 0 Å². The molecule has 4 nitrogen and oxygen atoms in total. The van der Waals surface area contributed by atoms with Crippen molar-refractivity contribution >= 4 is 5.91 Å². The minimum absolute atomic E-state index is 0.119. The predicted molar refractivity (Wildman–Crippen MR) is 72.3 cm³/mol. The van der Waals surface area contributed by atoms with E-state index in [1.54, 1.807) is 0 Å². The Bertz CT molecular complexity index is 408. The lowest BCUT2D eigenvalue weighted by Gasteiger charge is -2.31. The van der Waals surface area contributed by atoms with E-state index < -0.39 is 5.41 Å². The van der Waals surface area contributed by atoms with Crippen LogP contribution >= 0.6 is 0 Å². The highest BCUT2D eigenvalue weighted by Gasteiger charge is 2.46. The number of nitrogens with zero attached hydrogens (tertiary/aromatic N) is 3. The topological polar surface area (TPSA) is 47.3 Å². The second kappa shape index (κ2) is 4.79. The van der Waals surface area contributed by atoms with Gasteiger partial charge in [0.05, 0.1) is 6.07 Å². The summed E-state index contributed by atoms with van der Waals surface area (Å²) in [5.41, 5.74) is -0.692. The van der Waals surface area contributed by atoms with E-state index >= 15 is 0 Å². The van der Waals surface area contributed by atoms with E-state index in [0.29, 0.717) is 12.1 Å². The second-order valence-corrected chi connectivity index (χ2v) is 6.49. The Kier molecular flexibility index (Phi) is 3.26. The molecule has 0 aromatic carbocycles. The van der Waals surface area contributed by atoms with Crippen LogP contribution in [-0.2, 0) is 4.79 Å². The van der Waals surface area contributed by atoms with Gasteiger partial charge in [-0.1, -0.05) is 12.8 Å². The zero-order valence-electron chi connectivity index (χ0n) is 11.8. The van der Waals surface area contributed by atoms with Gasteiger partial charge in [0.25, 0.3) is 0 Å². The molecule has 2 aliphatic heterocycles. The van der Waals surface area contributed by atoms with E-state index in [4.69, 9.17) is 0 Å². The first-order valence-corrected chi connectivity index (χ1v) is 7.59. The molecule has 0 N–H and O–H groups in total. The molecule has 0 aromatic heterocycles. The maximum absolute atomic E-state index is 12.8. The Morgan fingerprint density at radius 2 is 1.89 bits per heavy atom. The molecule has 1 amide bonds. The molecule has 1 aliphatic carbocycles. The van der Waals surface area contributed by atoms with Crippen molar-refractivity contribution in [2.75, 3.05) is 20.1 Å². The lowest BCUT2D eigenvalue weighted by molar-refractivity contribution is -0.139. The lowest BCUT2D eigenvalue weighted by Crippen LogP contribution is -2.46. The van der Waals surface area contributed by atoms with E-state index in [1.807, 2.05) is 4.90 Å². The molecule has 0 aromatic rings. The van der Waals surface area contributed by atoms with Gasteiger partial charge in [0.15, 0.2) is 0 Å². The first-order chi connectivity index (χ1) is 9.16. The maximum Gasteiger partial charge on any atom is 0.243 e. The normalized spacial score (nSPS) is 34.0. The van der Waals surface area contributed by atoms with Crippen LogP contribution in [0, 0.1) is 16.7 Å². The number of carbonyl (C=O) groups excluding carboxylic acids is 1.